The van der Waals surface area contributed by atoms with Crippen molar-refractivity contribution in [1.82, 2.24) is 9.88 Å². The zero-order valence-electron chi connectivity index (χ0n) is 14.5. The Balaban J connectivity index is 1.78. The molecule has 0 spiro atoms. The van der Waals surface area contributed by atoms with Gasteiger partial charge in [-0.25, -0.2) is 0 Å². The molecule has 0 aliphatic carbocycles. The van der Waals surface area contributed by atoms with Crippen LogP contribution in [0.2, 0.25) is 5.02 Å². The van der Waals surface area contributed by atoms with E-state index >= 15 is 0 Å². The normalized spacial score (nSPS) is 10.4. The van der Waals surface area contributed by atoms with E-state index in [0.29, 0.717) is 23.2 Å². The lowest BCUT2D eigenvalue weighted by Gasteiger charge is -2.26. The summed E-state index contributed by atoms with van der Waals surface area (Å²) in [6.45, 7) is 3.47. The molecule has 132 valence electrons. The molecular formula is C21H20ClN3S. The van der Waals surface area contributed by atoms with Gasteiger partial charge in [-0.1, -0.05) is 53.6 Å². The van der Waals surface area contributed by atoms with E-state index in [0.717, 1.165) is 11.3 Å². The molecular weight excluding hydrogens is 362 g/mol. The predicted octanol–water partition coefficient (Wildman–Crippen LogP) is 5.44. The van der Waals surface area contributed by atoms with Gasteiger partial charge in [-0.2, -0.15) is 0 Å². The molecule has 0 saturated heterocycles. The number of nitrogens with one attached hydrogen (secondary N) is 1. The number of benzene rings is 2. The van der Waals surface area contributed by atoms with Gasteiger partial charge in [0.15, 0.2) is 5.11 Å². The van der Waals surface area contributed by atoms with Gasteiger partial charge >= 0.3 is 0 Å². The van der Waals surface area contributed by atoms with Crippen LogP contribution in [-0.2, 0) is 13.1 Å². The van der Waals surface area contributed by atoms with Crippen LogP contribution in [0.25, 0.3) is 0 Å². The van der Waals surface area contributed by atoms with Gasteiger partial charge in [-0.3, -0.25) is 4.98 Å². The summed E-state index contributed by atoms with van der Waals surface area (Å²) in [5.74, 6) is 0. The molecule has 5 heteroatoms. The second kappa shape index (κ2) is 8.79. The van der Waals surface area contributed by atoms with Crippen molar-refractivity contribution in [2.75, 3.05) is 5.32 Å². The summed E-state index contributed by atoms with van der Waals surface area (Å²) in [5, 5.41) is 4.61. The Bertz CT molecular complexity index is 866. The van der Waals surface area contributed by atoms with Crippen molar-refractivity contribution in [1.29, 1.82) is 0 Å². The van der Waals surface area contributed by atoms with E-state index in [9.17, 15) is 0 Å². The summed E-state index contributed by atoms with van der Waals surface area (Å²) >= 11 is 11.8. The van der Waals surface area contributed by atoms with Crippen LogP contribution in [0.1, 0.15) is 16.7 Å². The number of hydrogen-bond donors (Lipinski definition) is 1. The fourth-order valence-electron chi connectivity index (χ4n) is 2.59. The molecule has 0 aliphatic heterocycles. The molecule has 0 fully saturated rings. The molecule has 3 rings (SSSR count). The van der Waals surface area contributed by atoms with E-state index in [2.05, 4.69) is 52.5 Å². The van der Waals surface area contributed by atoms with Crippen molar-refractivity contribution in [2.24, 2.45) is 0 Å². The summed E-state index contributed by atoms with van der Waals surface area (Å²) in [4.78, 5) is 6.33. The van der Waals surface area contributed by atoms with Crippen molar-refractivity contribution in [3.63, 3.8) is 0 Å². The van der Waals surface area contributed by atoms with Crippen LogP contribution in [0.3, 0.4) is 0 Å². The van der Waals surface area contributed by atoms with Crippen LogP contribution in [-0.4, -0.2) is 15.0 Å². The van der Waals surface area contributed by atoms with E-state index < -0.39 is 0 Å². The summed E-state index contributed by atoms with van der Waals surface area (Å²) in [6.07, 6.45) is 3.64. The van der Waals surface area contributed by atoms with Crippen molar-refractivity contribution < 1.29 is 0 Å². The van der Waals surface area contributed by atoms with Crippen LogP contribution in [0.4, 0.5) is 5.69 Å². The maximum absolute atomic E-state index is 6.08. The number of hydrogen-bond acceptors (Lipinski definition) is 2. The van der Waals surface area contributed by atoms with Crippen LogP contribution in [0.15, 0.2) is 73.1 Å². The molecule has 0 bridgehead atoms. The first-order valence-electron chi connectivity index (χ1n) is 8.36. The van der Waals surface area contributed by atoms with Gasteiger partial charge in [0.05, 0.1) is 0 Å². The van der Waals surface area contributed by atoms with Gasteiger partial charge in [-0.05, 0) is 54.5 Å². The molecule has 1 N–H and O–H groups in total. The van der Waals surface area contributed by atoms with Gasteiger partial charge in [0.2, 0.25) is 0 Å². The first-order valence-corrected chi connectivity index (χ1v) is 9.15. The van der Waals surface area contributed by atoms with Crippen LogP contribution in [0, 0.1) is 6.92 Å². The highest BCUT2D eigenvalue weighted by Gasteiger charge is 2.12. The number of anilines is 1. The molecule has 0 atom stereocenters. The van der Waals surface area contributed by atoms with E-state index in [1.807, 2.05) is 36.5 Å². The Kier molecular flexibility index (Phi) is 6.21. The highest BCUT2D eigenvalue weighted by Crippen LogP contribution is 2.17. The minimum absolute atomic E-state index is 0.650. The second-order valence-corrected chi connectivity index (χ2v) is 6.97. The van der Waals surface area contributed by atoms with Crippen LogP contribution >= 0.6 is 23.8 Å². The third-order valence-electron chi connectivity index (χ3n) is 3.95. The molecule has 2 aromatic carbocycles. The van der Waals surface area contributed by atoms with Gasteiger partial charge in [0.25, 0.3) is 0 Å². The number of pyridine rings is 1. The summed E-state index contributed by atoms with van der Waals surface area (Å²) in [6, 6.07) is 20.0. The topological polar surface area (TPSA) is 28.2 Å². The average Bonchev–Trinajstić information content (AvgIpc) is 2.64. The number of nitrogens with zero attached hydrogens (tertiary/aromatic N) is 2. The van der Waals surface area contributed by atoms with Crippen molar-refractivity contribution in [3.05, 3.63) is 94.8 Å². The molecule has 1 heterocycles. The molecule has 0 unspecified atom stereocenters. The number of aryl methyl sites for hydroxylation is 1. The van der Waals surface area contributed by atoms with E-state index in [4.69, 9.17) is 23.8 Å². The molecule has 3 nitrogen and oxygen atoms in total. The average molecular weight is 382 g/mol. The Morgan fingerprint density at radius 3 is 2.50 bits per heavy atom. The quantitative estimate of drug-likeness (QED) is 0.595. The van der Waals surface area contributed by atoms with E-state index in [1.165, 1.54) is 11.1 Å². The predicted molar refractivity (Wildman–Crippen MR) is 112 cm³/mol. The van der Waals surface area contributed by atoms with E-state index in [-0.39, 0.29) is 0 Å². The fourth-order valence-corrected chi connectivity index (χ4v) is 3.03. The Morgan fingerprint density at radius 2 is 1.81 bits per heavy atom. The largest absolute Gasteiger partial charge is 0.340 e. The van der Waals surface area contributed by atoms with Gasteiger partial charge < -0.3 is 10.2 Å². The summed E-state index contributed by atoms with van der Waals surface area (Å²) in [5.41, 5.74) is 4.43. The van der Waals surface area contributed by atoms with Gasteiger partial charge in [0.1, 0.15) is 0 Å². The standard InChI is InChI=1S/C21H20ClN3S/c1-16-7-9-17(10-8-16)14-25(15-18-4-3-11-23-13-18)21(26)24-20-6-2-5-19(22)12-20/h2-13H,14-15H2,1H3,(H,24,26). The lowest BCUT2D eigenvalue weighted by atomic mass is 10.1. The summed E-state index contributed by atoms with van der Waals surface area (Å²) < 4.78 is 0. The van der Waals surface area contributed by atoms with Crippen molar-refractivity contribution in [2.45, 2.75) is 20.0 Å². The number of aromatic nitrogens is 1. The highest BCUT2D eigenvalue weighted by molar-refractivity contribution is 7.80. The Labute approximate surface area is 164 Å². The monoisotopic (exact) mass is 381 g/mol. The molecule has 26 heavy (non-hydrogen) atoms. The minimum atomic E-state index is 0.650. The molecule has 1 aromatic heterocycles. The number of halogens is 1. The molecule has 0 saturated carbocycles. The summed E-state index contributed by atoms with van der Waals surface area (Å²) in [7, 11) is 0. The van der Waals surface area contributed by atoms with Gasteiger partial charge in [0, 0.05) is 36.2 Å². The molecule has 3 aromatic rings. The zero-order chi connectivity index (χ0) is 18.4. The zero-order valence-corrected chi connectivity index (χ0v) is 16.1. The van der Waals surface area contributed by atoms with Crippen molar-refractivity contribution in [3.8, 4) is 0 Å². The lowest BCUT2D eigenvalue weighted by molar-refractivity contribution is 0.412. The van der Waals surface area contributed by atoms with Gasteiger partial charge in [-0.15, -0.1) is 0 Å². The van der Waals surface area contributed by atoms with E-state index in [1.54, 1.807) is 6.20 Å². The third-order valence-corrected chi connectivity index (χ3v) is 4.55. The highest BCUT2D eigenvalue weighted by atomic mass is 35.5. The van der Waals surface area contributed by atoms with Crippen LogP contribution in [0.5, 0.6) is 0 Å². The molecule has 0 aliphatic rings. The van der Waals surface area contributed by atoms with Crippen LogP contribution < -0.4 is 5.32 Å². The second-order valence-electron chi connectivity index (χ2n) is 6.14. The minimum Gasteiger partial charge on any atom is -0.340 e. The number of thiocarbonyl (C=S) groups is 1. The maximum Gasteiger partial charge on any atom is 0.174 e. The maximum atomic E-state index is 6.08. The first-order chi connectivity index (χ1) is 12.6. The Morgan fingerprint density at radius 1 is 1.04 bits per heavy atom. The lowest BCUT2D eigenvalue weighted by Crippen LogP contribution is -2.33. The Hall–Kier alpha value is -2.43. The molecule has 0 radical (unpaired) electrons. The number of rotatable bonds is 5. The fraction of sp³-hybridized carbons (Fsp3) is 0.143. The third kappa shape index (κ3) is 5.28. The van der Waals surface area contributed by atoms with Crippen molar-refractivity contribution >= 4 is 34.6 Å². The molecule has 0 amide bonds. The SMILES string of the molecule is Cc1ccc(CN(Cc2cccnc2)C(=S)Nc2cccc(Cl)c2)cc1. The first kappa shape index (κ1) is 18.4. The smallest absolute Gasteiger partial charge is 0.174 e.